The average molecular weight is 390 g/mol. The van der Waals surface area contributed by atoms with E-state index in [1.165, 1.54) is 29.3 Å². The Bertz CT molecular complexity index is 1080. The summed E-state index contributed by atoms with van der Waals surface area (Å²) >= 11 is 0. The Labute approximate surface area is 167 Å². The van der Waals surface area contributed by atoms with Crippen LogP contribution in [0.25, 0.3) is 5.82 Å². The van der Waals surface area contributed by atoms with Crippen LogP contribution in [0.5, 0.6) is 0 Å². The molecule has 1 aliphatic carbocycles. The van der Waals surface area contributed by atoms with E-state index in [1.54, 1.807) is 23.1 Å². The summed E-state index contributed by atoms with van der Waals surface area (Å²) in [5.74, 6) is 0.742. The first-order valence-corrected chi connectivity index (χ1v) is 9.44. The van der Waals surface area contributed by atoms with Crippen LogP contribution < -0.4 is 0 Å². The average Bonchev–Trinajstić information content (AvgIpc) is 3.50. The Morgan fingerprint density at radius 1 is 1.31 bits per heavy atom. The Balaban J connectivity index is 1.58. The predicted molar refractivity (Wildman–Crippen MR) is 103 cm³/mol. The number of benzene rings is 1. The summed E-state index contributed by atoms with van der Waals surface area (Å²) in [6.07, 6.45) is 4.92. The fourth-order valence-electron chi connectivity index (χ4n) is 3.21. The van der Waals surface area contributed by atoms with Crippen LogP contribution >= 0.6 is 0 Å². The molecular weight excluding hydrogens is 371 g/mol. The Morgan fingerprint density at radius 2 is 2.14 bits per heavy atom. The molecule has 2 aromatic heterocycles. The fourth-order valence-corrected chi connectivity index (χ4v) is 3.21. The first-order valence-electron chi connectivity index (χ1n) is 9.44. The van der Waals surface area contributed by atoms with Crippen molar-refractivity contribution in [1.82, 2.24) is 24.6 Å². The smallest absolute Gasteiger partial charge is 0.254 e. The molecule has 3 aromatic rings. The molecule has 1 aliphatic rings. The molecule has 0 saturated heterocycles. The van der Waals surface area contributed by atoms with Crippen molar-refractivity contribution in [3.63, 3.8) is 0 Å². The predicted octanol–water partition coefficient (Wildman–Crippen LogP) is 3.21. The molecule has 0 atom stereocenters. The van der Waals surface area contributed by atoms with Gasteiger partial charge in [-0.05, 0) is 61.6 Å². The highest BCUT2D eigenvalue weighted by Crippen LogP contribution is 2.40. The summed E-state index contributed by atoms with van der Waals surface area (Å²) in [5, 5.41) is 13.1. The molecule has 7 nitrogen and oxygen atoms in total. The van der Waals surface area contributed by atoms with Crippen LogP contribution in [0.4, 0.5) is 4.39 Å². The largest absolute Gasteiger partial charge is 0.331 e. The first kappa shape index (κ1) is 18.7. The normalized spacial score (nSPS) is 13.1. The van der Waals surface area contributed by atoms with Crippen LogP contribution in [-0.4, -0.2) is 37.1 Å². The summed E-state index contributed by atoms with van der Waals surface area (Å²) in [6, 6.07) is 9.91. The Kier molecular flexibility index (Phi) is 5.04. The maximum absolute atomic E-state index is 14.0. The lowest BCUT2D eigenvalue weighted by molar-refractivity contribution is 0.0746. The number of halogens is 1. The number of rotatable bonds is 6. The van der Waals surface area contributed by atoms with Crippen molar-refractivity contribution in [3.05, 3.63) is 71.2 Å². The van der Waals surface area contributed by atoms with Gasteiger partial charge in [-0.25, -0.2) is 14.4 Å². The van der Waals surface area contributed by atoms with Gasteiger partial charge in [0.15, 0.2) is 11.6 Å². The maximum atomic E-state index is 14.0. The molecule has 0 bridgehead atoms. The second-order valence-corrected chi connectivity index (χ2v) is 6.97. The van der Waals surface area contributed by atoms with Crippen molar-refractivity contribution in [2.45, 2.75) is 32.2 Å². The van der Waals surface area contributed by atoms with Gasteiger partial charge >= 0.3 is 0 Å². The zero-order valence-corrected chi connectivity index (χ0v) is 15.9. The highest BCUT2D eigenvalue weighted by Gasteiger charge is 2.26. The molecule has 1 saturated carbocycles. The minimum atomic E-state index is -0.390. The highest BCUT2D eigenvalue weighted by atomic mass is 19.1. The minimum Gasteiger partial charge on any atom is -0.331 e. The lowest BCUT2D eigenvalue weighted by Crippen LogP contribution is -2.31. The third-order valence-corrected chi connectivity index (χ3v) is 4.93. The molecule has 29 heavy (non-hydrogen) atoms. The van der Waals surface area contributed by atoms with E-state index in [9.17, 15) is 9.18 Å². The monoisotopic (exact) mass is 390 g/mol. The van der Waals surface area contributed by atoms with Gasteiger partial charge in [0.25, 0.3) is 5.91 Å². The molecular formula is C21H19FN6O. The van der Waals surface area contributed by atoms with Crippen LogP contribution in [0.2, 0.25) is 0 Å². The van der Waals surface area contributed by atoms with E-state index < -0.39 is 5.82 Å². The van der Waals surface area contributed by atoms with E-state index in [-0.39, 0.29) is 12.5 Å². The molecule has 0 spiro atoms. The number of carbonyl (C=O) groups excluding carboxylic acids is 1. The van der Waals surface area contributed by atoms with E-state index in [0.717, 1.165) is 18.4 Å². The molecule has 1 fully saturated rings. The Morgan fingerprint density at radius 3 is 2.79 bits per heavy atom. The summed E-state index contributed by atoms with van der Waals surface area (Å²) < 4.78 is 15.6. The second kappa shape index (κ2) is 7.80. The van der Waals surface area contributed by atoms with Gasteiger partial charge in [0.1, 0.15) is 18.2 Å². The van der Waals surface area contributed by atoms with Crippen LogP contribution in [0, 0.1) is 17.1 Å². The number of carbonyl (C=O) groups is 1. The van der Waals surface area contributed by atoms with E-state index in [2.05, 4.69) is 15.1 Å². The molecule has 146 valence electrons. The minimum absolute atomic E-state index is 0.201. The van der Waals surface area contributed by atoms with Gasteiger partial charge in [-0.15, -0.1) is 0 Å². The van der Waals surface area contributed by atoms with Crippen molar-refractivity contribution in [1.29, 1.82) is 5.26 Å². The molecule has 2 heterocycles. The van der Waals surface area contributed by atoms with Crippen molar-refractivity contribution in [3.8, 4) is 11.9 Å². The lowest BCUT2D eigenvalue weighted by Gasteiger charge is -2.21. The SMILES string of the molecule is CCN(Cc1ncnn1-c1ccc(C#N)cn1)C(=O)c1cc(F)cc(C2CC2)c1. The number of hydrogen-bond acceptors (Lipinski definition) is 5. The zero-order valence-electron chi connectivity index (χ0n) is 15.9. The first-order chi connectivity index (χ1) is 14.1. The maximum Gasteiger partial charge on any atom is 0.254 e. The van der Waals surface area contributed by atoms with Crippen molar-refractivity contribution >= 4 is 5.91 Å². The van der Waals surface area contributed by atoms with Crippen molar-refractivity contribution in [2.24, 2.45) is 0 Å². The molecule has 0 N–H and O–H groups in total. The lowest BCUT2D eigenvalue weighted by atomic mass is 10.1. The third-order valence-electron chi connectivity index (χ3n) is 4.93. The molecule has 1 aromatic carbocycles. The van der Waals surface area contributed by atoms with Gasteiger partial charge in [-0.3, -0.25) is 4.79 Å². The topological polar surface area (TPSA) is 87.7 Å². The standard InChI is InChI=1S/C21H19FN6O/c1-2-27(21(29)17-7-16(15-4-5-15)8-18(22)9-17)12-20-25-13-26-28(20)19-6-3-14(10-23)11-24-19/h3,6-9,11,13,15H,2,4-5,12H2,1H3. The molecule has 4 rings (SSSR count). The van der Waals surface area contributed by atoms with Gasteiger partial charge in [0.05, 0.1) is 12.1 Å². The van der Waals surface area contributed by atoms with E-state index in [1.807, 2.05) is 13.0 Å². The van der Waals surface area contributed by atoms with Crippen LogP contribution in [0.15, 0.2) is 42.9 Å². The third kappa shape index (κ3) is 3.99. The molecule has 0 radical (unpaired) electrons. The molecule has 0 unspecified atom stereocenters. The molecule has 1 amide bonds. The van der Waals surface area contributed by atoms with Crippen LogP contribution in [-0.2, 0) is 6.54 Å². The zero-order chi connectivity index (χ0) is 20.4. The Hall–Kier alpha value is -3.60. The number of aromatic nitrogens is 4. The number of hydrogen-bond donors (Lipinski definition) is 0. The summed E-state index contributed by atoms with van der Waals surface area (Å²) in [6.45, 7) is 2.49. The van der Waals surface area contributed by atoms with E-state index in [0.29, 0.717) is 35.2 Å². The van der Waals surface area contributed by atoms with Gasteiger partial charge in [0, 0.05) is 18.3 Å². The molecule has 8 heteroatoms. The number of nitrogens with zero attached hydrogens (tertiary/aromatic N) is 6. The van der Waals surface area contributed by atoms with Crippen LogP contribution in [0.1, 0.15) is 53.0 Å². The summed E-state index contributed by atoms with van der Waals surface area (Å²) in [5.41, 5.74) is 1.67. The quantitative estimate of drug-likeness (QED) is 0.645. The van der Waals surface area contributed by atoms with Crippen molar-refractivity contribution in [2.75, 3.05) is 6.54 Å². The number of pyridine rings is 1. The molecule has 0 aliphatic heterocycles. The summed E-state index contributed by atoms with van der Waals surface area (Å²) in [4.78, 5) is 23.1. The van der Waals surface area contributed by atoms with Gasteiger partial charge in [-0.1, -0.05) is 0 Å². The van der Waals surface area contributed by atoms with Gasteiger partial charge < -0.3 is 4.90 Å². The van der Waals surface area contributed by atoms with Crippen LogP contribution in [0.3, 0.4) is 0 Å². The van der Waals surface area contributed by atoms with Gasteiger partial charge in [0.2, 0.25) is 0 Å². The number of nitriles is 1. The second-order valence-electron chi connectivity index (χ2n) is 6.97. The highest BCUT2D eigenvalue weighted by molar-refractivity contribution is 5.94. The fraction of sp³-hybridized carbons (Fsp3) is 0.286. The van der Waals surface area contributed by atoms with E-state index >= 15 is 0 Å². The van der Waals surface area contributed by atoms with Crippen molar-refractivity contribution < 1.29 is 9.18 Å². The summed E-state index contributed by atoms with van der Waals surface area (Å²) in [7, 11) is 0. The van der Waals surface area contributed by atoms with Gasteiger partial charge in [-0.2, -0.15) is 15.0 Å². The van der Waals surface area contributed by atoms with E-state index in [4.69, 9.17) is 5.26 Å². The number of amides is 1.